The molecule has 1 heterocycles. The van der Waals surface area contributed by atoms with Crippen molar-refractivity contribution in [3.05, 3.63) is 12.2 Å². The van der Waals surface area contributed by atoms with Crippen molar-refractivity contribution in [1.29, 1.82) is 0 Å². The van der Waals surface area contributed by atoms with Crippen LogP contribution in [0.3, 0.4) is 0 Å². The molecule has 0 unspecified atom stereocenters. The predicted octanol–water partition coefficient (Wildman–Crippen LogP) is -0.0424. The Morgan fingerprint density at radius 2 is 2.07 bits per heavy atom. The number of carbonyl (C=O) groups is 3. The maximum Gasteiger partial charge on any atom is 0.332 e. The van der Waals surface area contributed by atoms with E-state index in [9.17, 15) is 14.4 Å². The van der Waals surface area contributed by atoms with E-state index in [1.807, 2.05) is 0 Å². The highest BCUT2D eigenvalue weighted by Crippen LogP contribution is 2.17. The van der Waals surface area contributed by atoms with Crippen molar-refractivity contribution >= 4 is 17.9 Å². The molecule has 82 valence electrons. The van der Waals surface area contributed by atoms with Gasteiger partial charge in [0.1, 0.15) is 5.54 Å². The van der Waals surface area contributed by atoms with E-state index >= 15 is 0 Å². The third kappa shape index (κ3) is 1.98. The van der Waals surface area contributed by atoms with Gasteiger partial charge in [-0.2, -0.15) is 0 Å². The second kappa shape index (κ2) is 3.38. The van der Waals surface area contributed by atoms with Crippen LogP contribution < -0.4 is 5.32 Å². The minimum atomic E-state index is -1.22. The number of carboxylic acids is 1. The maximum absolute atomic E-state index is 11.6. The summed E-state index contributed by atoms with van der Waals surface area (Å²) in [7, 11) is 0. The van der Waals surface area contributed by atoms with Crippen LogP contribution in [0, 0.1) is 0 Å². The number of nitrogens with zero attached hydrogens (tertiary/aromatic N) is 1. The first-order chi connectivity index (χ1) is 6.75. The monoisotopic (exact) mass is 212 g/mol. The lowest BCUT2D eigenvalue weighted by molar-refractivity contribution is -0.133. The van der Waals surface area contributed by atoms with Crippen LogP contribution in [0.2, 0.25) is 0 Å². The molecule has 0 radical (unpaired) electrons. The molecule has 6 heteroatoms. The van der Waals surface area contributed by atoms with Crippen LogP contribution in [0.5, 0.6) is 0 Å². The molecule has 1 aliphatic heterocycles. The molecule has 0 saturated carbocycles. The fourth-order valence-corrected chi connectivity index (χ4v) is 1.22. The van der Waals surface area contributed by atoms with E-state index < -0.39 is 23.4 Å². The molecule has 15 heavy (non-hydrogen) atoms. The molecule has 6 nitrogen and oxygen atoms in total. The topological polar surface area (TPSA) is 86.7 Å². The van der Waals surface area contributed by atoms with Gasteiger partial charge >= 0.3 is 12.0 Å². The number of carboxylic acid groups (broad SMARTS) is 1. The molecule has 0 atom stereocenters. The molecule has 0 spiro atoms. The molecule has 1 saturated heterocycles. The summed E-state index contributed by atoms with van der Waals surface area (Å²) >= 11 is 0. The van der Waals surface area contributed by atoms with Gasteiger partial charge in [0, 0.05) is 5.57 Å². The Hall–Kier alpha value is -1.85. The van der Waals surface area contributed by atoms with E-state index in [0.717, 1.165) is 4.90 Å². The smallest absolute Gasteiger partial charge is 0.332 e. The summed E-state index contributed by atoms with van der Waals surface area (Å²) in [6.07, 6.45) is 0. The van der Waals surface area contributed by atoms with E-state index in [4.69, 9.17) is 5.11 Å². The summed E-state index contributed by atoms with van der Waals surface area (Å²) in [5.41, 5.74) is -1.17. The first-order valence-electron chi connectivity index (χ1n) is 4.31. The lowest BCUT2D eigenvalue weighted by Gasteiger charge is -2.15. The molecule has 2 N–H and O–H groups in total. The fourth-order valence-electron chi connectivity index (χ4n) is 1.22. The Labute approximate surface area is 86.6 Å². The zero-order valence-corrected chi connectivity index (χ0v) is 8.53. The van der Waals surface area contributed by atoms with Crippen molar-refractivity contribution in [3.63, 3.8) is 0 Å². The number of rotatable bonds is 3. The number of urea groups is 1. The first kappa shape index (κ1) is 11.2. The van der Waals surface area contributed by atoms with E-state index in [0.29, 0.717) is 0 Å². The molecule has 0 aromatic carbocycles. The van der Waals surface area contributed by atoms with E-state index in [1.165, 1.54) is 0 Å². The Kier molecular flexibility index (Phi) is 2.53. The van der Waals surface area contributed by atoms with Crippen LogP contribution in [0.1, 0.15) is 13.8 Å². The van der Waals surface area contributed by atoms with E-state index in [1.54, 1.807) is 13.8 Å². The van der Waals surface area contributed by atoms with Gasteiger partial charge < -0.3 is 10.4 Å². The number of hydrogen-bond acceptors (Lipinski definition) is 3. The van der Waals surface area contributed by atoms with Gasteiger partial charge in [-0.1, -0.05) is 6.58 Å². The Bertz CT molecular complexity index is 359. The standard InChI is InChI=1S/C9H12N2O4/c1-5(6(12)13)4-11-7(14)9(2,3)10-8(11)15/h1,4H2,2-3H3,(H,10,15)(H,12,13). The Balaban J connectivity index is 2.81. The molecule has 3 amide bonds. The van der Waals surface area contributed by atoms with Gasteiger partial charge in [0.15, 0.2) is 0 Å². The van der Waals surface area contributed by atoms with Gasteiger partial charge in [-0.15, -0.1) is 0 Å². The van der Waals surface area contributed by atoms with Crippen molar-refractivity contribution in [3.8, 4) is 0 Å². The van der Waals surface area contributed by atoms with Crippen LogP contribution in [0.4, 0.5) is 4.79 Å². The fraction of sp³-hybridized carbons (Fsp3) is 0.444. The van der Waals surface area contributed by atoms with Crippen LogP contribution in [-0.4, -0.2) is 40.0 Å². The van der Waals surface area contributed by atoms with Crippen molar-refractivity contribution in [2.24, 2.45) is 0 Å². The van der Waals surface area contributed by atoms with E-state index in [2.05, 4.69) is 11.9 Å². The summed E-state index contributed by atoms with van der Waals surface area (Å²) in [5, 5.41) is 11.0. The Morgan fingerprint density at radius 1 is 1.53 bits per heavy atom. The largest absolute Gasteiger partial charge is 0.478 e. The highest BCUT2D eigenvalue weighted by atomic mass is 16.4. The summed E-state index contributed by atoms with van der Waals surface area (Å²) < 4.78 is 0. The van der Waals surface area contributed by atoms with Gasteiger partial charge in [-0.3, -0.25) is 9.69 Å². The molecule has 1 rings (SSSR count). The lowest BCUT2D eigenvalue weighted by atomic mass is 10.1. The van der Waals surface area contributed by atoms with Gasteiger partial charge in [-0.05, 0) is 13.8 Å². The quantitative estimate of drug-likeness (QED) is 0.507. The molecule has 0 aliphatic carbocycles. The van der Waals surface area contributed by atoms with Crippen molar-refractivity contribution in [2.75, 3.05) is 6.54 Å². The second-order valence-electron chi connectivity index (χ2n) is 3.86. The van der Waals surface area contributed by atoms with Gasteiger partial charge in [-0.25, -0.2) is 9.59 Å². The zero-order valence-electron chi connectivity index (χ0n) is 8.53. The summed E-state index contributed by atoms with van der Waals surface area (Å²) in [4.78, 5) is 34.3. The zero-order chi connectivity index (χ0) is 11.8. The number of carbonyl (C=O) groups excluding carboxylic acids is 2. The Morgan fingerprint density at radius 3 is 2.40 bits per heavy atom. The number of amides is 3. The average Bonchev–Trinajstić information content (AvgIpc) is 2.27. The van der Waals surface area contributed by atoms with Gasteiger partial charge in [0.2, 0.25) is 0 Å². The van der Waals surface area contributed by atoms with Crippen LogP contribution in [0.15, 0.2) is 12.2 Å². The van der Waals surface area contributed by atoms with Crippen LogP contribution in [-0.2, 0) is 9.59 Å². The third-order valence-corrected chi connectivity index (χ3v) is 2.10. The minimum absolute atomic E-state index is 0.198. The maximum atomic E-state index is 11.6. The molecule has 1 fully saturated rings. The van der Waals surface area contributed by atoms with Crippen LogP contribution >= 0.6 is 0 Å². The highest BCUT2D eigenvalue weighted by molar-refractivity contribution is 6.07. The molecular weight excluding hydrogens is 200 g/mol. The van der Waals surface area contributed by atoms with Gasteiger partial charge in [0.05, 0.1) is 6.54 Å². The van der Waals surface area contributed by atoms with Crippen LogP contribution in [0.25, 0.3) is 0 Å². The average molecular weight is 212 g/mol. The third-order valence-electron chi connectivity index (χ3n) is 2.10. The predicted molar refractivity (Wildman–Crippen MR) is 51.1 cm³/mol. The normalized spacial score (nSPS) is 18.9. The van der Waals surface area contributed by atoms with Crippen molar-refractivity contribution < 1.29 is 19.5 Å². The SMILES string of the molecule is C=C(CN1C(=O)NC(C)(C)C1=O)C(=O)O. The minimum Gasteiger partial charge on any atom is -0.478 e. The van der Waals surface area contributed by atoms with Crippen molar-refractivity contribution in [1.82, 2.24) is 10.2 Å². The molecule has 0 bridgehead atoms. The first-order valence-corrected chi connectivity index (χ1v) is 4.31. The molecule has 1 aliphatic rings. The van der Waals surface area contributed by atoms with Gasteiger partial charge in [0.25, 0.3) is 5.91 Å². The summed E-state index contributed by atoms with van der Waals surface area (Å²) in [5.74, 6) is -1.67. The molecular formula is C9H12N2O4. The van der Waals surface area contributed by atoms with Crippen molar-refractivity contribution in [2.45, 2.75) is 19.4 Å². The molecule has 0 aromatic rings. The van der Waals surface area contributed by atoms with E-state index in [-0.39, 0.29) is 12.1 Å². The number of aliphatic carboxylic acids is 1. The molecule has 0 aromatic heterocycles. The number of imide groups is 1. The summed E-state index contributed by atoms with van der Waals surface area (Å²) in [6.45, 7) is 6.08. The number of hydrogen-bond donors (Lipinski definition) is 2. The number of nitrogens with one attached hydrogen (secondary N) is 1. The lowest BCUT2D eigenvalue weighted by Crippen LogP contribution is -2.40. The summed E-state index contributed by atoms with van der Waals surface area (Å²) in [6, 6.07) is -0.590. The second-order valence-corrected chi connectivity index (χ2v) is 3.86. The highest BCUT2D eigenvalue weighted by Gasteiger charge is 2.44.